The van der Waals surface area contributed by atoms with E-state index in [2.05, 4.69) is 59.8 Å². The van der Waals surface area contributed by atoms with Gasteiger partial charge in [0.2, 0.25) is 0 Å². The van der Waals surface area contributed by atoms with Crippen molar-refractivity contribution in [3.63, 3.8) is 0 Å². The van der Waals surface area contributed by atoms with E-state index in [1.807, 2.05) is 19.9 Å². The van der Waals surface area contributed by atoms with Crippen molar-refractivity contribution < 1.29 is 41.4 Å². The molecule has 49 heavy (non-hydrogen) atoms. The molecule has 0 aliphatic heterocycles. The Morgan fingerprint density at radius 3 is 2.18 bits per heavy atom. The minimum atomic E-state index is -4.46. The molecule has 1 saturated carbocycles. The van der Waals surface area contributed by atoms with Crippen molar-refractivity contribution in [3.05, 3.63) is 54.1 Å². The number of allylic oxidation sites excluding steroid dienone is 2. The number of halogens is 3. The first-order valence-electron chi connectivity index (χ1n) is 18.6. The van der Waals surface area contributed by atoms with E-state index in [-0.39, 0.29) is 42.4 Å². The zero-order valence-corrected chi connectivity index (χ0v) is 33.2. The van der Waals surface area contributed by atoms with Gasteiger partial charge >= 0.3 is 12.1 Å². The highest BCUT2D eigenvalue weighted by Crippen LogP contribution is 2.41. The van der Waals surface area contributed by atoms with Crippen LogP contribution in [0.25, 0.3) is 0 Å². The summed E-state index contributed by atoms with van der Waals surface area (Å²) in [7, 11) is -4.11. The lowest BCUT2D eigenvalue weighted by Gasteiger charge is -2.35. The second kappa shape index (κ2) is 20.8. The summed E-state index contributed by atoms with van der Waals surface area (Å²) >= 11 is 0. The predicted octanol–water partition coefficient (Wildman–Crippen LogP) is 10.5. The highest BCUT2D eigenvalue weighted by Gasteiger charge is 2.45. The van der Waals surface area contributed by atoms with Gasteiger partial charge in [0, 0.05) is 12.3 Å². The number of carbonyl (C=O) groups excluding carboxylic acids is 1. The fraction of sp³-hybridized carbons (Fsp3) is 0.711. The Labute approximate surface area is 296 Å². The average molecular weight is 729 g/mol. The summed E-state index contributed by atoms with van der Waals surface area (Å²) in [5.74, 6) is -0.185. The molecule has 0 heterocycles. The lowest BCUT2D eigenvalue weighted by atomic mass is 9.89. The first-order valence-corrected chi connectivity index (χ1v) is 23.6. The minimum Gasteiger partial charge on any atom is -0.491 e. The highest BCUT2D eigenvalue weighted by atomic mass is 28.4. The molecule has 0 saturated heterocycles. The number of unbranched alkanes of at least 4 members (excludes halogenated alkanes) is 1. The second-order valence-electron chi connectivity index (χ2n) is 13.7. The van der Waals surface area contributed by atoms with Crippen LogP contribution in [0.4, 0.5) is 13.2 Å². The van der Waals surface area contributed by atoms with Crippen molar-refractivity contribution in [2.75, 3.05) is 6.61 Å². The van der Waals surface area contributed by atoms with Crippen molar-refractivity contribution in [1.82, 2.24) is 0 Å². The van der Waals surface area contributed by atoms with E-state index < -0.39 is 40.6 Å². The molecule has 0 spiro atoms. The predicted molar refractivity (Wildman–Crippen MR) is 197 cm³/mol. The van der Waals surface area contributed by atoms with Crippen LogP contribution in [0.3, 0.4) is 0 Å². The van der Waals surface area contributed by atoms with Gasteiger partial charge in [-0.15, -0.1) is 0 Å². The van der Waals surface area contributed by atoms with Crippen LogP contribution in [0, 0.1) is 11.8 Å². The number of ether oxygens (including phenoxy) is 2. The second-order valence-corrected chi connectivity index (χ2v) is 23.1. The summed E-state index contributed by atoms with van der Waals surface area (Å²) in [5.41, 5.74) is -0.751. The van der Waals surface area contributed by atoms with Gasteiger partial charge in [0.05, 0.1) is 30.0 Å². The van der Waals surface area contributed by atoms with E-state index in [9.17, 15) is 23.1 Å². The molecule has 1 aliphatic rings. The first kappa shape index (κ1) is 43.2. The van der Waals surface area contributed by atoms with Crippen LogP contribution in [0.15, 0.2) is 48.6 Å². The number of hydrogen-bond donors (Lipinski definition) is 1. The molecular weight excluding hydrogens is 666 g/mol. The first-order chi connectivity index (χ1) is 23.2. The number of aliphatic hydroxyl groups excluding tert-OH is 1. The molecule has 1 aromatic rings. The maximum Gasteiger partial charge on any atom is 0.416 e. The van der Waals surface area contributed by atoms with Crippen molar-refractivity contribution in [2.45, 2.75) is 154 Å². The Bertz CT molecular complexity index is 1150. The van der Waals surface area contributed by atoms with Crippen LogP contribution in [0.5, 0.6) is 5.75 Å². The molecule has 0 radical (unpaired) electrons. The molecule has 0 amide bonds. The molecule has 0 bridgehead atoms. The van der Waals surface area contributed by atoms with Gasteiger partial charge in [-0.3, -0.25) is 4.79 Å². The molecule has 1 N–H and O–H groups in total. The Hall–Kier alpha value is -1.93. The van der Waals surface area contributed by atoms with Crippen molar-refractivity contribution in [2.24, 2.45) is 11.8 Å². The molecule has 0 aromatic heterocycles. The Balaban J connectivity index is 2.36. The van der Waals surface area contributed by atoms with Crippen LogP contribution >= 0.6 is 0 Å². The molecule has 2 rings (SSSR count). The maximum absolute atomic E-state index is 13.4. The third kappa shape index (κ3) is 13.6. The van der Waals surface area contributed by atoms with Crippen LogP contribution < -0.4 is 4.74 Å². The zero-order valence-electron chi connectivity index (χ0n) is 31.2. The van der Waals surface area contributed by atoms with Crippen LogP contribution in [0.2, 0.25) is 36.3 Å². The van der Waals surface area contributed by atoms with E-state index in [4.69, 9.17) is 18.3 Å². The quantitative estimate of drug-likeness (QED) is 0.0555. The van der Waals surface area contributed by atoms with Crippen molar-refractivity contribution in [1.29, 1.82) is 0 Å². The van der Waals surface area contributed by atoms with Gasteiger partial charge in [-0.25, -0.2) is 0 Å². The lowest BCUT2D eigenvalue weighted by molar-refractivity contribution is -0.147. The largest absolute Gasteiger partial charge is 0.491 e. The third-order valence-corrected chi connectivity index (χ3v) is 19.7. The van der Waals surface area contributed by atoms with Crippen molar-refractivity contribution in [3.8, 4) is 5.75 Å². The monoisotopic (exact) mass is 728 g/mol. The Kier molecular flexibility index (Phi) is 18.4. The normalized spacial score (nSPS) is 21.2. The van der Waals surface area contributed by atoms with E-state index in [0.29, 0.717) is 25.7 Å². The topological polar surface area (TPSA) is 74.2 Å². The van der Waals surface area contributed by atoms with E-state index in [0.717, 1.165) is 54.8 Å². The fourth-order valence-corrected chi connectivity index (χ4v) is 12.5. The number of hydrogen-bond acceptors (Lipinski definition) is 6. The number of alkyl halides is 3. The maximum atomic E-state index is 13.4. The van der Waals surface area contributed by atoms with E-state index in [1.165, 1.54) is 12.1 Å². The molecule has 1 aromatic carbocycles. The van der Waals surface area contributed by atoms with Crippen molar-refractivity contribution >= 4 is 22.6 Å². The van der Waals surface area contributed by atoms with Gasteiger partial charge < -0.3 is 23.4 Å². The van der Waals surface area contributed by atoms with Crippen LogP contribution in [-0.4, -0.2) is 58.7 Å². The average Bonchev–Trinajstić information content (AvgIpc) is 3.37. The number of carbonyl (C=O) groups is 1. The Morgan fingerprint density at radius 2 is 1.61 bits per heavy atom. The fourth-order valence-electron chi connectivity index (χ4n) is 6.83. The van der Waals surface area contributed by atoms with Gasteiger partial charge in [-0.2, -0.15) is 13.2 Å². The molecule has 5 atom stereocenters. The lowest BCUT2D eigenvalue weighted by Crippen LogP contribution is -2.42. The summed E-state index contributed by atoms with van der Waals surface area (Å²) < 4.78 is 65.3. The molecule has 2 unspecified atom stereocenters. The molecule has 6 nitrogen and oxygen atoms in total. The van der Waals surface area contributed by atoms with E-state index in [1.54, 1.807) is 0 Å². The SMILES string of the molecule is CC[Si](CC)(CC)OC(/C=C/[C@H]1C(O[Si](CC)(CC)CC)C[C@H](O)[C@@H]1C/C=C\CCCC(=O)OC(C)C)COc1cccc(C(F)(F)F)c1. The summed E-state index contributed by atoms with van der Waals surface area (Å²) in [5, 5.41) is 11.4. The number of rotatable bonds is 22. The summed E-state index contributed by atoms with van der Waals surface area (Å²) in [4.78, 5) is 11.9. The summed E-state index contributed by atoms with van der Waals surface area (Å²) in [6.07, 6.45) is 5.61. The van der Waals surface area contributed by atoms with Gasteiger partial charge in [0.15, 0.2) is 16.6 Å². The number of aliphatic hydroxyl groups is 1. The summed E-state index contributed by atoms with van der Waals surface area (Å²) in [6.45, 7) is 16.8. The summed E-state index contributed by atoms with van der Waals surface area (Å²) in [6, 6.07) is 10.7. The molecule has 1 fully saturated rings. The van der Waals surface area contributed by atoms with E-state index >= 15 is 0 Å². The molecular formula is C38H63F3O6Si2. The minimum absolute atomic E-state index is 0.0715. The molecule has 11 heteroatoms. The number of benzene rings is 1. The third-order valence-electron chi connectivity index (χ3n) is 10.4. The van der Waals surface area contributed by atoms with Gasteiger partial charge in [0.1, 0.15) is 12.4 Å². The van der Waals surface area contributed by atoms with Gasteiger partial charge in [0.25, 0.3) is 0 Å². The van der Waals surface area contributed by atoms with Gasteiger partial charge in [-0.1, -0.05) is 71.9 Å². The van der Waals surface area contributed by atoms with Gasteiger partial charge in [-0.05, 0) is 99.9 Å². The zero-order chi connectivity index (χ0) is 36.7. The standard InChI is InChI=1S/C38H63F3O6Si2/c1-9-48(10-2,11-3)46-32(28-44-31-21-19-20-30(26-31)38(39,40)41)24-25-34-33(22-17-15-16-18-23-37(43)45-29(7)8)35(42)27-36(34)47-49(12-4,13-5)14-6/h15,17,19-21,24-26,29,32-36,42H,9-14,16,18,22-23,27-28H2,1-8H3/b17-15-,25-24+/t32?,33-,34-,35+,36?/m1/s1. The van der Waals surface area contributed by atoms with Crippen LogP contribution in [0.1, 0.15) is 93.1 Å². The number of esters is 1. The smallest absolute Gasteiger partial charge is 0.416 e. The van der Waals surface area contributed by atoms with Crippen LogP contribution in [-0.2, 0) is 24.6 Å². The Morgan fingerprint density at radius 1 is 0.980 bits per heavy atom. The molecule has 280 valence electrons. The highest BCUT2D eigenvalue weighted by molar-refractivity contribution is 6.74. The molecule has 1 aliphatic carbocycles.